The van der Waals surface area contributed by atoms with Crippen LogP contribution in [0, 0.1) is 0 Å². The molecular formula is C58H100N2Ni. The minimum absolute atomic E-state index is 0. The molecular weight excluding hydrogens is 783 g/mol. The monoisotopic (exact) mass is 883 g/mol. The number of nitrogens with zero attached hydrogens (tertiary/aromatic N) is 2. The van der Waals surface area contributed by atoms with Gasteiger partial charge in [0.05, 0.1) is 22.8 Å². The maximum absolute atomic E-state index is 5.46. The second-order valence-electron chi connectivity index (χ2n) is 18.5. The summed E-state index contributed by atoms with van der Waals surface area (Å²) >= 11 is 0. The van der Waals surface area contributed by atoms with E-state index in [2.05, 4.69) is 77.9 Å². The first kappa shape index (κ1) is 57.3. The van der Waals surface area contributed by atoms with Gasteiger partial charge in [0.1, 0.15) is 0 Å². The average Bonchev–Trinajstić information content (AvgIpc) is 3.27. The zero-order chi connectivity index (χ0) is 43.1. The van der Waals surface area contributed by atoms with E-state index in [4.69, 9.17) is 9.98 Å². The Hall–Kier alpha value is -1.73. The molecule has 0 fully saturated rings. The molecule has 0 spiro atoms. The standard InChI is InChI=1S/C58H100N2.Ni/c1-7-13-15-17-19-20-21-22-23-24-25-26-27-28-29-30-31-32-33-34-35-36-37-38-40-42-44-58(60-56-48-46-52(10-4)54(12-6)50-56)57(43-41-39-18-16-14-8-2)59-55-47-45-51(9-3)53(11-5)49-55;/h45-50H,7-44H2,1-6H3;. The first-order chi connectivity index (χ1) is 29.6. The Kier molecular flexibility index (Phi) is 38.5. The van der Waals surface area contributed by atoms with Crippen LogP contribution in [0.3, 0.4) is 0 Å². The number of benzene rings is 2. The average molecular weight is 884 g/mol. The Labute approximate surface area is 391 Å². The summed E-state index contributed by atoms with van der Waals surface area (Å²) in [5.41, 5.74) is 10.5. The first-order valence-corrected chi connectivity index (χ1v) is 27.0. The molecule has 0 amide bonds. The molecule has 2 aromatic carbocycles. The molecule has 2 nitrogen and oxygen atoms in total. The summed E-state index contributed by atoms with van der Waals surface area (Å²) in [5, 5.41) is 0. The molecule has 0 unspecified atom stereocenters. The molecule has 352 valence electrons. The second-order valence-corrected chi connectivity index (χ2v) is 18.5. The molecule has 61 heavy (non-hydrogen) atoms. The predicted molar refractivity (Wildman–Crippen MR) is 273 cm³/mol. The van der Waals surface area contributed by atoms with Crippen molar-refractivity contribution < 1.29 is 16.5 Å². The quantitative estimate of drug-likeness (QED) is 0.0361. The van der Waals surface area contributed by atoms with Gasteiger partial charge in [0, 0.05) is 16.5 Å². The van der Waals surface area contributed by atoms with Crippen LogP contribution < -0.4 is 0 Å². The second kappa shape index (κ2) is 41.0. The van der Waals surface area contributed by atoms with Crippen molar-refractivity contribution in [2.75, 3.05) is 0 Å². The van der Waals surface area contributed by atoms with Crippen LogP contribution in [-0.2, 0) is 42.2 Å². The smallest absolute Gasteiger partial charge is 0.0636 e. The van der Waals surface area contributed by atoms with E-state index >= 15 is 0 Å². The van der Waals surface area contributed by atoms with Gasteiger partial charge in [-0.05, 0) is 97.9 Å². The maximum atomic E-state index is 5.46. The summed E-state index contributed by atoms with van der Waals surface area (Å²) in [7, 11) is 0. The van der Waals surface area contributed by atoms with Crippen molar-refractivity contribution in [1.82, 2.24) is 0 Å². The Morgan fingerprint density at radius 1 is 0.295 bits per heavy atom. The van der Waals surface area contributed by atoms with E-state index in [1.54, 1.807) is 0 Å². The molecule has 2 aromatic rings. The number of hydrogen-bond acceptors (Lipinski definition) is 2. The maximum Gasteiger partial charge on any atom is 0.0636 e. The van der Waals surface area contributed by atoms with E-state index in [-0.39, 0.29) is 16.5 Å². The number of rotatable bonds is 41. The van der Waals surface area contributed by atoms with Gasteiger partial charge < -0.3 is 0 Å². The Morgan fingerprint density at radius 3 is 0.754 bits per heavy atom. The zero-order valence-corrected chi connectivity index (χ0v) is 42.5. The summed E-state index contributed by atoms with van der Waals surface area (Å²) in [6.07, 6.45) is 51.4. The molecule has 0 radical (unpaired) electrons. The van der Waals surface area contributed by atoms with E-state index < -0.39 is 0 Å². The normalized spacial score (nSPS) is 12.0. The fraction of sp³-hybridized carbons (Fsp3) is 0.759. The molecule has 0 saturated heterocycles. The van der Waals surface area contributed by atoms with E-state index in [1.165, 1.54) is 239 Å². The summed E-state index contributed by atoms with van der Waals surface area (Å²) in [6, 6.07) is 13.8. The van der Waals surface area contributed by atoms with Crippen molar-refractivity contribution in [3.05, 3.63) is 58.7 Å². The number of hydrogen-bond donors (Lipinski definition) is 0. The summed E-state index contributed by atoms with van der Waals surface area (Å²) in [6.45, 7) is 13.7. The van der Waals surface area contributed by atoms with Crippen molar-refractivity contribution >= 4 is 22.8 Å². The van der Waals surface area contributed by atoms with E-state index in [1.807, 2.05) is 0 Å². The largest absolute Gasteiger partial charge is 0.252 e. The van der Waals surface area contributed by atoms with Crippen molar-refractivity contribution in [2.24, 2.45) is 9.98 Å². The van der Waals surface area contributed by atoms with Gasteiger partial charge >= 0.3 is 0 Å². The fourth-order valence-corrected chi connectivity index (χ4v) is 9.23. The van der Waals surface area contributed by atoms with Crippen molar-refractivity contribution in [1.29, 1.82) is 0 Å². The molecule has 0 atom stereocenters. The molecule has 0 aromatic heterocycles. The van der Waals surface area contributed by atoms with Crippen LogP contribution >= 0.6 is 0 Å². The van der Waals surface area contributed by atoms with Gasteiger partial charge in [-0.25, -0.2) is 0 Å². The van der Waals surface area contributed by atoms with Gasteiger partial charge in [0.15, 0.2) is 0 Å². The van der Waals surface area contributed by atoms with Crippen LogP contribution in [0.4, 0.5) is 11.4 Å². The Balaban J connectivity index is 0.0000186. The minimum Gasteiger partial charge on any atom is -0.252 e. The number of aryl methyl sites for hydroxylation is 4. The predicted octanol–water partition coefficient (Wildman–Crippen LogP) is 20.1. The zero-order valence-electron chi connectivity index (χ0n) is 41.5. The third kappa shape index (κ3) is 28.6. The molecule has 0 N–H and O–H groups in total. The fourth-order valence-electron chi connectivity index (χ4n) is 9.23. The summed E-state index contributed by atoms with van der Waals surface area (Å²) in [5.74, 6) is 0. The Bertz CT molecular complexity index is 1360. The van der Waals surface area contributed by atoms with Crippen molar-refractivity contribution in [2.45, 2.75) is 286 Å². The summed E-state index contributed by atoms with van der Waals surface area (Å²) in [4.78, 5) is 10.9. The van der Waals surface area contributed by atoms with Gasteiger partial charge in [-0.15, -0.1) is 0 Å². The Morgan fingerprint density at radius 2 is 0.525 bits per heavy atom. The van der Waals surface area contributed by atoms with E-state index in [9.17, 15) is 0 Å². The molecule has 0 saturated carbocycles. The van der Waals surface area contributed by atoms with Crippen LogP contribution in [0.15, 0.2) is 46.4 Å². The van der Waals surface area contributed by atoms with E-state index in [0.29, 0.717) is 0 Å². The number of unbranched alkanes of at least 4 members (excludes halogenated alkanes) is 30. The van der Waals surface area contributed by atoms with Crippen LogP contribution in [0.1, 0.15) is 282 Å². The minimum atomic E-state index is 0. The first-order valence-electron chi connectivity index (χ1n) is 27.0. The van der Waals surface area contributed by atoms with Gasteiger partial charge in [0.25, 0.3) is 0 Å². The van der Waals surface area contributed by atoms with Crippen LogP contribution in [-0.4, -0.2) is 11.4 Å². The van der Waals surface area contributed by atoms with Gasteiger partial charge in [-0.3, -0.25) is 9.98 Å². The molecule has 0 aliphatic carbocycles. The summed E-state index contributed by atoms with van der Waals surface area (Å²) < 4.78 is 0. The molecule has 0 aliphatic heterocycles. The van der Waals surface area contributed by atoms with Gasteiger partial charge in [-0.2, -0.15) is 0 Å². The van der Waals surface area contributed by atoms with Crippen LogP contribution in [0.5, 0.6) is 0 Å². The molecule has 0 heterocycles. The van der Waals surface area contributed by atoms with Gasteiger partial charge in [-0.1, -0.05) is 246 Å². The molecule has 2 rings (SSSR count). The van der Waals surface area contributed by atoms with Crippen LogP contribution in [0.2, 0.25) is 0 Å². The van der Waals surface area contributed by atoms with Crippen LogP contribution in [0.25, 0.3) is 0 Å². The topological polar surface area (TPSA) is 24.7 Å². The van der Waals surface area contributed by atoms with E-state index in [0.717, 1.165) is 49.9 Å². The molecule has 0 bridgehead atoms. The van der Waals surface area contributed by atoms with Crippen molar-refractivity contribution in [3.63, 3.8) is 0 Å². The number of aliphatic imine (C=N–C) groups is 2. The third-order valence-electron chi connectivity index (χ3n) is 13.3. The molecule has 3 heteroatoms. The van der Waals surface area contributed by atoms with Crippen molar-refractivity contribution in [3.8, 4) is 0 Å². The third-order valence-corrected chi connectivity index (χ3v) is 13.3. The SMILES string of the molecule is CCCCCCCCCCCCCCCCCCCCCCCCCCCCC(=Nc1ccc(CC)c(CC)c1)C(CCCCCCCC)=Nc1ccc(CC)c(CC)c1.[Ni]. The molecule has 0 aliphatic rings. The van der Waals surface area contributed by atoms with Gasteiger partial charge in [0.2, 0.25) is 0 Å².